The molecule has 4 nitrogen and oxygen atoms in total. The van der Waals surface area contributed by atoms with Gasteiger partial charge in [-0.25, -0.2) is 5.43 Å². The smallest absolute Gasteiger partial charge is 0.272 e. The molecule has 1 N–H and O–H groups in total. The Balaban J connectivity index is 1.76. The molecule has 3 aromatic rings. The Kier molecular flexibility index (Phi) is 7.40. The third-order valence-corrected chi connectivity index (χ3v) is 4.86. The molecule has 1 amide bonds. The molecule has 0 aliphatic heterocycles. The summed E-state index contributed by atoms with van der Waals surface area (Å²) in [6.07, 6.45) is 1.40. The molecule has 148 valence electrons. The Morgan fingerprint density at radius 3 is 2.38 bits per heavy atom. The van der Waals surface area contributed by atoms with Crippen molar-refractivity contribution in [1.29, 1.82) is 0 Å². The Bertz CT molecular complexity index is 1060. The van der Waals surface area contributed by atoms with E-state index in [0.717, 1.165) is 5.56 Å². The molecule has 3 aromatic carbocycles. The topological polar surface area (TPSA) is 50.7 Å². The molecule has 0 radical (unpaired) electrons. The average Bonchev–Trinajstić information content (AvgIpc) is 2.68. The van der Waals surface area contributed by atoms with Crippen LogP contribution in [-0.2, 0) is 6.61 Å². The van der Waals surface area contributed by atoms with Crippen LogP contribution in [0.5, 0.6) is 5.75 Å². The second-order valence-electron chi connectivity index (χ2n) is 5.90. The van der Waals surface area contributed by atoms with Crippen molar-refractivity contribution in [2.45, 2.75) is 6.61 Å². The first-order valence-corrected chi connectivity index (χ1v) is 9.89. The molecule has 0 heterocycles. The average molecular weight is 468 g/mol. The minimum absolute atomic E-state index is 0.225. The van der Waals surface area contributed by atoms with Gasteiger partial charge in [0.05, 0.1) is 21.8 Å². The first kappa shape index (κ1) is 21.5. The second kappa shape index (κ2) is 9.99. The lowest BCUT2D eigenvalue weighted by Crippen LogP contribution is -2.18. The summed E-state index contributed by atoms with van der Waals surface area (Å²) in [4.78, 5) is 12.3. The standard InChI is InChI=1S/C21H14Cl4N2O2/c22-15-6-7-17(18(24)9-15)21(28)27-26-11-14-8-16(23)10-19(25)20(14)29-12-13-4-2-1-3-5-13/h1-11H,12H2,(H,27,28)/b26-11-. The maximum Gasteiger partial charge on any atom is 0.272 e. The summed E-state index contributed by atoms with van der Waals surface area (Å²) in [5, 5.41) is 5.37. The highest BCUT2D eigenvalue weighted by atomic mass is 35.5. The zero-order valence-corrected chi connectivity index (χ0v) is 17.9. The van der Waals surface area contributed by atoms with Crippen LogP contribution in [0.25, 0.3) is 0 Å². The van der Waals surface area contributed by atoms with Gasteiger partial charge in [-0.3, -0.25) is 4.79 Å². The van der Waals surface area contributed by atoms with E-state index in [-0.39, 0.29) is 10.6 Å². The predicted molar refractivity (Wildman–Crippen MR) is 119 cm³/mol. The fourth-order valence-corrected chi connectivity index (χ4v) is 3.51. The van der Waals surface area contributed by atoms with E-state index in [0.29, 0.717) is 33.0 Å². The summed E-state index contributed by atoms with van der Waals surface area (Å²) in [5.74, 6) is -0.0785. The monoisotopic (exact) mass is 466 g/mol. The van der Waals surface area contributed by atoms with Crippen LogP contribution in [0, 0.1) is 0 Å². The van der Waals surface area contributed by atoms with Crippen molar-refractivity contribution in [2.75, 3.05) is 0 Å². The summed E-state index contributed by atoms with van der Waals surface area (Å²) in [6, 6.07) is 17.4. The quantitative estimate of drug-likeness (QED) is 0.326. The van der Waals surface area contributed by atoms with Crippen molar-refractivity contribution in [1.82, 2.24) is 5.43 Å². The van der Waals surface area contributed by atoms with Gasteiger partial charge in [0.1, 0.15) is 12.4 Å². The van der Waals surface area contributed by atoms with Crippen molar-refractivity contribution in [3.05, 3.63) is 97.4 Å². The Morgan fingerprint density at radius 2 is 1.66 bits per heavy atom. The number of hydrazone groups is 1. The van der Waals surface area contributed by atoms with Crippen LogP contribution in [0.3, 0.4) is 0 Å². The van der Waals surface area contributed by atoms with Gasteiger partial charge in [0.2, 0.25) is 0 Å². The summed E-state index contributed by atoms with van der Waals surface area (Å²) >= 11 is 24.3. The minimum Gasteiger partial charge on any atom is -0.487 e. The van der Waals surface area contributed by atoms with Crippen LogP contribution in [0.2, 0.25) is 20.1 Å². The maximum absolute atomic E-state index is 12.3. The van der Waals surface area contributed by atoms with Crippen LogP contribution < -0.4 is 10.2 Å². The van der Waals surface area contributed by atoms with Gasteiger partial charge in [-0.05, 0) is 35.9 Å². The number of carbonyl (C=O) groups is 1. The summed E-state index contributed by atoms with van der Waals surface area (Å²) in [6.45, 7) is 0.315. The van der Waals surface area contributed by atoms with E-state index in [4.69, 9.17) is 51.1 Å². The predicted octanol–water partition coefficient (Wildman–Crippen LogP) is 6.64. The normalized spacial score (nSPS) is 10.9. The minimum atomic E-state index is -0.484. The Morgan fingerprint density at radius 1 is 0.931 bits per heavy atom. The number of ether oxygens (including phenoxy) is 1. The van der Waals surface area contributed by atoms with Gasteiger partial charge in [0.15, 0.2) is 0 Å². The number of hydrogen-bond donors (Lipinski definition) is 1. The summed E-state index contributed by atoms with van der Waals surface area (Å²) in [5.41, 5.74) is 4.15. The van der Waals surface area contributed by atoms with Gasteiger partial charge >= 0.3 is 0 Å². The molecule has 0 atom stereocenters. The van der Waals surface area contributed by atoms with Crippen LogP contribution in [-0.4, -0.2) is 12.1 Å². The van der Waals surface area contributed by atoms with Gasteiger partial charge < -0.3 is 4.74 Å². The fraction of sp³-hybridized carbons (Fsp3) is 0.0476. The lowest BCUT2D eigenvalue weighted by molar-refractivity contribution is 0.0955. The Hall–Kier alpha value is -2.24. The van der Waals surface area contributed by atoms with Crippen molar-refractivity contribution in [2.24, 2.45) is 5.10 Å². The molecule has 0 bridgehead atoms. The largest absolute Gasteiger partial charge is 0.487 e. The van der Waals surface area contributed by atoms with Crippen molar-refractivity contribution >= 4 is 58.5 Å². The number of amides is 1. The van der Waals surface area contributed by atoms with Crippen molar-refractivity contribution in [3.8, 4) is 5.75 Å². The van der Waals surface area contributed by atoms with Gasteiger partial charge in [0, 0.05) is 15.6 Å². The molecule has 0 spiro atoms. The summed E-state index contributed by atoms with van der Waals surface area (Å²) < 4.78 is 5.85. The van der Waals surface area contributed by atoms with Gasteiger partial charge in [-0.2, -0.15) is 5.10 Å². The number of hydrogen-bond acceptors (Lipinski definition) is 3. The molecule has 8 heteroatoms. The molecule has 0 fully saturated rings. The highest BCUT2D eigenvalue weighted by molar-refractivity contribution is 6.37. The number of nitrogens with zero attached hydrogens (tertiary/aromatic N) is 1. The van der Waals surface area contributed by atoms with E-state index < -0.39 is 5.91 Å². The molecule has 0 saturated carbocycles. The molecule has 0 unspecified atom stereocenters. The van der Waals surface area contributed by atoms with Crippen LogP contribution >= 0.6 is 46.4 Å². The van der Waals surface area contributed by atoms with Crippen molar-refractivity contribution in [3.63, 3.8) is 0 Å². The number of halogens is 4. The number of carbonyl (C=O) groups excluding carboxylic acids is 1. The lowest BCUT2D eigenvalue weighted by atomic mass is 10.2. The molecular weight excluding hydrogens is 454 g/mol. The van der Waals surface area contributed by atoms with E-state index in [1.807, 2.05) is 30.3 Å². The lowest BCUT2D eigenvalue weighted by Gasteiger charge is -2.12. The Labute approximate surface area is 188 Å². The first-order valence-electron chi connectivity index (χ1n) is 8.38. The molecule has 29 heavy (non-hydrogen) atoms. The third kappa shape index (κ3) is 5.87. The van der Waals surface area contributed by atoms with Crippen LogP contribution in [0.15, 0.2) is 65.8 Å². The highest BCUT2D eigenvalue weighted by Crippen LogP contribution is 2.32. The third-order valence-electron chi connectivity index (χ3n) is 3.81. The molecular formula is C21H14Cl4N2O2. The van der Waals surface area contributed by atoms with Crippen molar-refractivity contribution < 1.29 is 9.53 Å². The number of nitrogens with one attached hydrogen (secondary N) is 1. The van der Waals surface area contributed by atoms with Gasteiger partial charge in [-0.15, -0.1) is 0 Å². The van der Waals surface area contributed by atoms with Gasteiger partial charge in [-0.1, -0.05) is 76.7 Å². The number of benzene rings is 3. The van der Waals surface area contributed by atoms with Crippen LogP contribution in [0.4, 0.5) is 0 Å². The van der Waals surface area contributed by atoms with E-state index in [2.05, 4.69) is 10.5 Å². The zero-order valence-electron chi connectivity index (χ0n) is 14.8. The first-order chi connectivity index (χ1) is 13.9. The summed E-state index contributed by atoms with van der Waals surface area (Å²) in [7, 11) is 0. The molecule has 0 aliphatic carbocycles. The second-order valence-corrected chi connectivity index (χ2v) is 7.59. The molecule has 0 saturated heterocycles. The van der Waals surface area contributed by atoms with Crippen LogP contribution in [0.1, 0.15) is 21.5 Å². The van der Waals surface area contributed by atoms with E-state index >= 15 is 0 Å². The van der Waals surface area contributed by atoms with E-state index in [9.17, 15) is 4.79 Å². The molecule has 0 aromatic heterocycles. The SMILES string of the molecule is O=C(N/N=C\c1cc(Cl)cc(Cl)c1OCc1ccccc1)c1ccc(Cl)cc1Cl. The van der Waals surface area contributed by atoms with E-state index in [1.54, 1.807) is 18.2 Å². The molecule has 3 rings (SSSR count). The number of rotatable bonds is 6. The van der Waals surface area contributed by atoms with E-state index in [1.165, 1.54) is 18.3 Å². The highest BCUT2D eigenvalue weighted by Gasteiger charge is 2.12. The van der Waals surface area contributed by atoms with Gasteiger partial charge in [0.25, 0.3) is 5.91 Å². The maximum atomic E-state index is 12.3. The zero-order chi connectivity index (χ0) is 20.8. The molecule has 0 aliphatic rings. The fourth-order valence-electron chi connectivity index (χ4n) is 2.45.